The van der Waals surface area contributed by atoms with Crippen molar-refractivity contribution in [2.75, 3.05) is 0 Å². The molecule has 0 heterocycles. The molecule has 0 N–H and O–H groups in total. The highest BCUT2D eigenvalue weighted by Crippen LogP contribution is 2.15. The van der Waals surface area contributed by atoms with Crippen LogP contribution < -0.4 is 4.18 Å². The number of allylic oxidation sites excluding steroid dienone is 1. The predicted octanol–water partition coefficient (Wildman–Crippen LogP) is 3.28. The predicted molar refractivity (Wildman–Crippen MR) is 84.8 cm³/mol. The summed E-state index contributed by atoms with van der Waals surface area (Å²) < 4.78 is 33.7. The molecular formula is C16H22O5S. The van der Waals surface area contributed by atoms with Gasteiger partial charge in [0.1, 0.15) is 11.4 Å². The van der Waals surface area contributed by atoms with Crippen LogP contribution in [0.15, 0.2) is 41.8 Å². The van der Waals surface area contributed by atoms with E-state index >= 15 is 0 Å². The van der Waals surface area contributed by atoms with Crippen molar-refractivity contribution in [1.82, 2.24) is 0 Å². The lowest BCUT2D eigenvalue weighted by Gasteiger charge is -2.20. The van der Waals surface area contributed by atoms with E-state index in [0.29, 0.717) is 0 Å². The topological polar surface area (TPSA) is 69.7 Å². The fourth-order valence-electron chi connectivity index (χ4n) is 1.58. The molecule has 0 saturated carbocycles. The van der Waals surface area contributed by atoms with Crippen LogP contribution in [0, 0.1) is 5.92 Å². The van der Waals surface area contributed by atoms with Crippen molar-refractivity contribution in [3.05, 3.63) is 41.8 Å². The molecule has 0 radical (unpaired) electrons. The Labute approximate surface area is 132 Å². The molecule has 0 aliphatic heterocycles. The number of esters is 1. The highest BCUT2D eigenvalue weighted by molar-refractivity contribution is 7.90. The van der Waals surface area contributed by atoms with Crippen LogP contribution in [0.4, 0.5) is 0 Å². The zero-order valence-electron chi connectivity index (χ0n) is 13.3. The number of carbonyl (C=O) groups is 1. The lowest BCUT2D eigenvalue weighted by molar-refractivity contribution is -0.155. The third-order valence-electron chi connectivity index (χ3n) is 2.44. The second-order valence-corrected chi connectivity index (χ2v) is 7.41. The van der Waals surface area contributed by atoms with Gasteiger partial charge in [-0.25, -0.2) is 0 Å². The van der Waals surface area contributed by atoms with Crippen LogP contribution in [0.3, 0.4) is 0 Å². The van der Waals surface area contributed by atoms with Crippen LogP contribution in [-0.4, -0.2) is 20.0 Å². The highest BCUT2D eigenvalue weighted by Gasteiger charge is 2.18. The fraction of sp³-hybridized carbons (Fsp3) is 0.438. The summed E-state index contributed by atoms with van der Waals surface area (Å²) in [5, 5.41) is 0.967. The minimum atomic E-state index is -3.83. The van der Waals surface area contributed by atoms with Crippen molar-refractivity contribution in [2.24, 2.45) is 5.92 Å². The van der Waals surface area contributed by atoms with E-state index in [9.17, 15) is 13.2 Å². The van der Waals surface area contributed by atoms with Crippen LogP contribution in [0.2, 0.25) is 0 Å². The second-order valence-electron chi connectivity index (χ2n) is 5.99. The molecule has 1 aromatic rings. The van der Waals surface area contributed by atoms with Gasteiger partial charge in [0.2, 0.25) is 0 Å². The summed E-state index contributed by atoms with van der Waals surface area (Å²) in [6.45, 7) is 7.08. The van der Waals surface area contributed by atoms with Gasteiger partial charge in [0, 0.05) is 0 Å². The van der Waals surface area contributed by atoms with E-state index < -0.39 is 15.7 Å². The van der Waals surface area contributed by atoms with Crippen molar-refractivity contribution in [3.8, 4) is 5.75 Å². The molecule has 0 fully saturated rings. The monoisotopic (exact) mass is 326 g/mol. The maximum atomic E-state index is 11.8. The Kier molecular flexibility index (Phi) is 6.17. The number of hydrogen-bond donors (Lipinski definition) is 0. The molecule has 0 aromatic heterocycles. The Hall–Kier alpha value is -1.82. The summed E-state index contributed by atoms with van der Waals surface area (Å²) in [6.07, 6.45) is 1.52. The van der Waals surface area contributed by atoms with Crippen LogP contribution in [0.25, 0.3) is 0 Å². The molecule has 0 aliphatic rings. The first-order chi connectivity index (χ1) is 10.1. The molecule has 1 rings (SSSR count). The zero-order chi connectivity index (χ0) is 16.8. The Morgan fingerprint density at radius 2 is 1.82 bits per heavy atom. The van der Waals surface area contributed by atoms with Crippen molar-refractivity contribution in [1.29, 1.82) is 0 Å². The fourth-order valence-corrected chi connectivity index (χ4v) is 2.48. The van der Waals surface area contributed by atoms with Gasteiger partial charge in [-0.1, -0.05) is 31.2 Å². The highest BCUT2D eigenvalue weighted by atomic mass is 32.2. The van der Waals surface area contributed by atoms with E-state index in [2.05, 4.69) is 0 Å². The van der Waals surface area contributed by atoms with Crippen LogP contribution >= 0.6 is 0 Å². The molecule has 0 bridgehead atoms. The number of hydrogen-bond acceptors (Lipinski definition) is 5. The van der Waals surface area contributed by atoms with E-state index in [4.69, 9.17) is 8.92 Å². The smallest absolute Gasteiger partial charge is 0.331 e. The number of para-hydroxylation sites is 1. The molecule has 0 saturated heterocycles. The minimum Gasteiger partial charge on any atom is -0.460 e. The average Bonchev–Trinajstić information content (AvgIpc) is 2.35. The summed E-state index contributed by atoms with van der Waals surface area (Å²) in [7, 11) is -3.83. The minimum absolute atomic E-state index is 0.106. The molecule has 1 aromatic carbocycles. The molecule has 1 atom stereocenters. The first-order valence-electron chi connectivity index (χ1n) is 6.97. The Morgan fingerprint density at radius 1 is 1.23 bits per heavy atom. The molecule has 5 nitrogen and oxygen atoms in total. The molecular weight excluding hydrogens is 304 g/mol. The maximum absolute atomic E-state index is 11.8. The van der Waals surface area contributed by atoms with Crippen LogP contribution in [0.5, 0.6) is 5.75 Å². The number of carbonyl (C=O) groups excluding carboxylic acids is 1. The quantitative estimate of drug-likeness (QED) is 0.593. The number of rotatable bonds is 6. The lowest BCUT2D eigenvalue weighted by Crippen LogP contribution is -2.24. The molecule has 0 aliphatic carbocycles. The van der Waals surface area contributed by atoms with E-state index in [1.165, 1.54) is 6.08 Å². The molecule has 122 valence electrons. The second kappa shape index (κ2) is 7.45. The first-order valence-corrected chi connectivity index (χ1v) is 8.44. The van der Waals surface area contributed by atoms with Gasteiger partial charge < -0.3 is 8.92 Å². The average molecular weight is 326 g/mol. The van der Waals surface area contributed by atoms with Crippen molar-refractivity contribution >= 4 is 16.1 Å². The van der Waals surface area contributed by atoms with Crippen molar-refractivity contribution in [3.63, 3.8) is 0 Å². The standard InChI is InChI=1S/C16H22O5S/c1-13(12-15(17)20-16(2,3)4)10-11-22(18,19)21-14-8-6-5-7-9-14/h5-11,13H,12H2,1-4H3. The summed E-state index contributed by atoms with van der Waals surface area (Å²) in [4.78, 5) is 11.6. The summed E-state index contributed by atoms with van der Waals surface area (Å²) in [5.74, 6) is -0.401. The Balaban J connectivity index is 2.57. The third kappa shape index (κ3) is 7.83. The third-order valence-corrected chi connectivity index (χ3v) is 3.35. The van der Waals surface area contributed by atoms with Gasteiger partial charge in [-0.2, -0.15) is 8.42 Å². The molecule has 22 heavy (non-hydrogen) atoms. The zero-order valence-corrected chi connectivity index (χ0v) is 14.1. The van der Waals surface area contributed by atoms with Crippen molar-refractivity contribution < 1.29 is 22.1 Å². The molecule has 6 heteroatoms. The number of ether oxygens (including phenoxy) is 1. The van der Waals surface area contributed by atoms with Crippen LogP contribution in [-0.2, 0) is 19.6 Å². The van der Waals surface area contributed by atoms with Gasteiger partial charge >= 0.3 is 16.1 Å². The van der Waals surface area contributed by atoms with Gasteiger partial charge in [0.15, 0.2) is 0 Å². The molecule has 0 amide bonds. The summed E-state index contributed by atoms with van der Waals surface area (Å²) in [6, 6.07) is 8.22. The molecule has 1 unspecified atom stereocenters. The normalized spacial score (nSPS) is 13.8. The summed E-state index contributed by atoms with van der Waals surface area (Å²) >= 11 is 0. The Morgan fingerprint density at radius 3 is 2.36 bits per heavy atom. The largest absolute Gasteiger partial charge is 0.460 e. The van der Waals surface area contributed by atoms with E-state index in [-0.39, 0.29) is 24.1 Å². The summed E-state index contributed by atoms with van der Waals surface area (Å²) in [5.41, 5.74) is -0.553. The number of benzene rings is 1. The van der Waals surface area contributed by atoms with Crippen molar-refractivity contribution in [2.45, 2.75) is 39.7 Å². The van der Waals surface area contributed by atoms with Gasteiger partial charge in [-0.15, -0.1) is 0 Å². The van der Waals surface area contributed by atoms with E-state index in [1.807, 2.05) is 0 Å². The van der Waals surface area contributed by atoms with Gasteiger partial charge in [-0.05, 0) is 38.8 Å². The Bertz CT molecular complexity index is 612. The van der Waals surface area contributed by atoms with Crippen LogP contribution in [0.1, 0.15) is 34.1 Å². The van der Waals surface area contributed by atoms with Gasteiger partial charge in [-0.3, -0.25) is 4.79 Å². The SMILES string of the molecule is CC(C=CS(=O)(=O)Oc1ccccc1)CC(=O)OC(C)(C)C. The first kappa shape index (κ1) is 18.2. The maximum Gasteiger partial charge on any atom is 0.331 e. The van der Waals surface area contributed by atoms with Gasteiger partial charge in [0.05, 0.1) is 11.8 Å². The molecule has 0 spiro atoms. The van der Waals surface area contributed by atoms with E-state index in [0.717, 1.165) is 5.41 Å². The van der Waals surface area contributed by atoms with Gasteiger partial charge in [0.25, 0.3) is 0 Å². The lowest BCUT2D eigenvalue weighted by atomic mass is 10.1. The van der Waals surface area contributed by atoms with E-state index in [1.54, 1.807) is 58.0 Å².